The van der Waals surface area contributed by atoms with Gasteiger partial charge in [0, 0.05) is 29.2 Å². The van der Waals surface area contributed by atoms with Gasteiger partial charge in [-0.2, -0.15) is 4.31 Å². The van der Waals surface area contributed by atoms with E-state index in [0.29, 0.717) is 5.75 Å². The summed E-state index contributed by atoms with van der Waals surface area (Å²) in [6, 6.07) is 8.68. The third kappa shape index (κ3) is 3.65. The second-order valence-corrected chi connectivity index (χ2v) is 8.26. The van der Waals surface area contributed by atoms with Gasteiger partial charge in [0.05, 0.1) is 14.2 Å². The Morgan fingerprint density at radius 3 is 2.50 bits per heavy atom. The molecule has 1 fully saturated rings. The van der Waals surface area contributed by atoms with Crippen LogP contribution in [0.1, 0.15) is 18.4 Å². The van der Waals surface area contributed by atoms with Crippen molar-refractivity contribution in [1.82, 2.24) is 4.31 Å². The van der Waals surface area contributed by atoms with E-state index in [1.54, 1.807) is 12.1 Å². The lowest BCUT2D eigenvalue weighted by Crippen LogP contribution is -2.33. The summed E-state index contributed by atoms with van der Waals surface area (Å²) in [7, 11) is -1.09. The molecule has 0 radical (unpaired) electrons. The fourth-order valence-electron chi connectivity index (χ4n) is 2.72. The zero-order chi connectivity index (χ0) is 18.9. The van der Waals surface area contributed by atoms with Crippen LogP contribution >= 0.6 is 11.6 Å². The van der Waals surface area contributed by atoms with Gasteiger partial charge in [-0.3, -0.25) is 0 Å². The molecule has 2 aromatic carbocycles. The van der Waals surface area contributed by atoms with Crippen LogP contribution in [0.25, 0.3) is 0 Å². The Morgan fingerprint density at radius 2 is 1.92 bits per heavy atom. The Balaban J connectivity index is 2.05. The molecule has 5 nitrogen and oxygen atoms in total. The van der Waals surface area contributed by atoms with Gasteiger partial charge in [-0.05, 0) is 37.1 Å². The zero-order valence-electron chi connectivity index (χ0n) is 14.4. The van der Waals surface area contributed by atoms with Crippen molar-refractivity contribution in [2.45, 2.75) is 30.3 Å². The Hall–Kier alpha value is -1.83. The van der Waals surface area contributed by atoms with Crippen LogP contribution in [0.15, 0.2) is 41.3 Å². The second-order valence-electron chi connectivity index (χ2n) is 6.00. The molecule has 26 heavy (non-hydrogen) atoms. The fraction of sp³-hybridized carbons (Fsp3) is 0.333. The van der Waals surface area contributed by atoms with Crippen LogP contribution in [-0.2, 0) is 16.6 Å². The Bertz CT molecular complexity index is 895. The standard InChI is InChI=1S/C18H19ClFNO4S/c1-24-13-8-9-17(25-2)18(10-13)26(22,23)21(12-6-7-12)11-14-15(19)4-3-5-16(14)20/h3-5,8-10,12H,6-7,11H2,1-2H3. The molecule has 2 aromatic rings. The van der Waals surface area contributed by atoms with Crippen molar-refractivity contribution in [2.75, 3.05) is 14.2 Å². The molecule has 8 heteroatoms. The van der Waals surface area contributed by atoms with Gasteiger partial charge in [0.1, 0.15) is 22.2 Å². The monoisotopic (exact) mass is 399 g/mol. The molecule has 0 spiro atoms. The fourth-order valence-corrected chi connectivity index (χ4v) is 4.77. The molecule has 0 saturated heterocycles. The van der Waals surface area contributed by atoms with Crippen LogP contribution in [0.5, 0.6) is 11.5 Å². The van der Waals surface area contributed by atoms with E-state index in [4.69, 9.17) is 21.1 Å². The molecule has 3 rings (SSSR count). The average molecular weight is 400 g/mol. The number of rotatable bonds is 7. The van der Waals surface area contributed by atoms with Crippen molar-refractivity contribution >= 4 is 21.6 Å². The van der Waals surface area contributed by atoms with E-state index in [9.17, 15) is 12.8 Å². The van der Waals surface area contributed by atoms with Gasteiger partial charge < -0.3 is 9.47 Å². The molecule has 0 atom stereocenters. The van der Waals surface area contributed by atoms with Gasteiger partial charge in [0.15, 0.2) is 0 Å². The quantitative estimate of drug-likeness (QED) is 0.709. The van der Waals surface area contributed by atoms with E-state index >= 15 is 0 Å². The average Bonchev–Trinajstić information content (AvgIpc) is 3.45. The van der Waals surface area contributed by atoms with E-state index in [1.807, 2.05) is 0 Å². The number of hydrogen-bond acceptors (Lipinski definition) is 4. The van der Waals surface area contributed by atoms with Crippen molar-refractivity contribution < 1.29 is 22.3 Å². The molecule has 0 aliphatic heterocycles. The van der Waals surface area contributed by atoms with Crippen molar-refractivity contribution in [3.05, 3.63) is 52.8 Å². The highest BCUT2D eigenvalue weighted by atomic mass is 35.5. The molecule has 1 saturated carbocycles. The summed E-state index contributed by atoms with van der Waals surface area (Å²) in [4.78, 5) is -0.0151. The predicted octanol–water partition coefficient (Wildman–Crippen LogP) is 3.85. The minimum absolute atomic E-state index is 0.0151. The zero-order valence-corrected chi connectivity index (χ0v) is 16.0. The summed E-state index contributed by atoms with van der Waals surface area (Å²) < 4.78 is 52.5. The second kappa shape index (κ2) is 7.42. The van der Waals surface area contributed by atoms with Gasteiger partial charge in [0.2, 0.25) is 10.0 Å². The van der Waals surface area contributed by atoms with Crippen molar-refractivity contribution in [3.63, 3.8) is 0 Å². The van der Waals surface area contributed by atoms with Gasteiger partial charge in [-0.15, -0.1) is 0 Å². The number of nitrogens with zero attached hydrogens (tertiary/aromatic N) is 1. The molecule has 0 amide bonds. The van der Waals surface area contributed by atoms with E-state index in [-0.39, 0.29) is 33.8 Å². The van der Waals surface area contributed by atoms with Crippen LogP contribution in [0.4, 0.5) is 4.39 Å². The normalized spacial score (nSPS) is 14.5. The summed E-state index contributed by atoms with van der Waals surface area (Å²) in [6.45, 7) is -0.140. The lowest BCUT2D eigenvalue weighted by Gasteiger charge is -2.24. The van der Waals surface area contributed by atoms with Crippen LogP contribution in [0.3, 0.4) is 0 Å². The van der Waals surface area contributed by atoms with Gasteiger partial charge in [0.25, 0.3) is 0 Å². The molecule has 0 unspecified atom stereocenters. The number of sulfonamides is 1. The van der Waals surface area contributed by atoms with Crippen LogP contribution in [-0.4, -0.2) is 33.0 Å². The van der Waals surface area contributed by atoms with E-state index in [2.05, 4.69) is 0 Å². The van der Waals surface area contributed by atoms with Gasteiger partial charge in [-0.1, -0.05) is 17.7 Å². The number of ether oxygens (including phenoxy) is 2. The Labute approximate surface area is 157 Å². The van der Waals surface area contributed by atoms with Crippen molar-refractivity contribution in [3.8, 4) is 11.5 Å². The minimum atomic E-state index is -3.94. The summed E-state index contributed by atoms with van der Waals surface area (Å²) in [5.41, 5.74) is 0.159. The Kier molecular flexibility index (Phi) is 5.41. The highest BCUT2D eigenvalue weighted by Crippen LogP contribution is 2.38. The highest BCUT2D eigenvalue weighted by molar-refractivity contribution is 7.89. The lowest BCUT2D eigenvalue weighted by molar-refractivity contribution is 0.373. The maximum absolute atomic E-state index is 14.2. The first-order chi connectivity index (χ1) is 12.4. The molecule has 1 aliphatic carbocycles. The SMILES string of the molecule is COc1ccc(OC)c(S(=O)(=O)N(Cc2c(F)cccc2Cl)C2CC2)c1. The largest absolute Gasteiger partial charge is 0.497 e. The van der Waals surface area contributed by atoms with E-state index in [0.717, 1.165) is 12.8 Å². The number of methoxy groups -OCH3 is 2. The molecule has 0 bridgehead atoms. The van der Waals surface area contributed by atoms with Gasteiger partial charge in [-0.25, -0.2) is 12.8 Å². The summed E-state index contributed by atoms with van der Waals surface area (Å²) in [6.07, 6.45) is 1.44. The third-order valence-corrected chi connectivity index (χ3v) is 6.56. The molecule has 1 aliphatic rings. The van der Waals surface area contributed by atoms with Crippen molar-refractivity contribution in [2.24, 2.45) is 0 Å². The smallest absolute Gasteiger partial charge is 0.247 e. The lowest BCUT2D eigenvalue weighted by atomic mass is 10.2. The van der Waals surface area contributed by atoms with E-state index in [1.165, 1.54) is 42.8 Å². The van der Waals surface area contributed by atoms with Crippen LogP contribution in [0.2, 0.25) is 5.02 Å². The first kappa shape index (κ1) is 18.9. The molecular formula is C18H19ClFNO4S. The topological polar surface area (TPSA) is 55.8 Å². The minimum Gasteiger partial charge on any atom is -0.497 e. The summed E-state index contributed by atoms with van der Waals surface area (Å²) in [5, 5.41) is 0.198. The molecule has 140 valence electrons. The number of halogens is 2. The van der Waals surface area contributed by atoms with Crippen molar-refractivity contribution in [1.29, 1.82) is 0 Å². The number of benzene rings is 2. The molecule has 0 aromatic heterocycles. The highest BCUT2D eigenvalue weighted by Gasteiger charge is 2.40. The van der Waals surface area contributed by atoms with Crippen LogP contribution < -0.4 is 9.47 Å². The van der Waals surface area contributed by atoms with Crippen LogP contribution in [0, 0.1) is 5.82 Å². The maximum atomic E-state index is 14.2. The first-order valence-electron chi connectivity index (χ1n) is 8.05. The number of hydrogen-bond donors (Lipinski definition) is 0. The summed E-state index contributed by atoms with van der Waals surface area (Å²) in [5.74, 6) is 0.0658. The Morgan fingerprint density at radius 1 is 1.19 bits per heavy atom. The third-order valence-electron chi connectivity index (χ3n) is 4.29. The molecule has 0 N–H and O–H groups in total. The predicted molar refractivity (Wildman–Crippen MR) is 96.7 cm³/mol. The molecule has 0 heterocycles. The van der Waals surface area contributed by atoms with Gasteiger partial charge >= 0.3 is 0 Å². The molecular weight excluding hydrogens is 381 g/mol. The first-order valence-corrected chi connectivity index (χ1v) is 9.87. The van der Waals surface area contributed by atoms with E-state index < -0.39 is 15.8 Å². The summed E-state index contributed by atoms with van der Waals surface area (Å²) >= 11 is 6.09. The maximum Gasteiger partial charge on any atom is 0.247 e.